The summed E-state index contributed by atoms with van der Waals surface area (Å²) >= 11 is 5.61. The Kier molecular flexibility index (Phi) is 19.0. The Hall–Kier alpha value is -3.75. The lowest BCUT2D eigenvalue weighted by Crippen LogP contribution is -2.66. The Morgan fingerprint density at radius 1 is 0.857 bits per heavy atom. The van der Waals surface area contributed by atoms with E-state index in [-0.39, 0.29) is 32.8 Å². The smallest absolute Gasteiger partial charge is 0.463 e. The van der Waals surface area contributed by atoms with Crippen molar-refractivity contribution in [1.82, 2.24) is 10.6 Å². The molecule has 1 aromatic carbocycles. The van der Waals surface area contributed by atoms with E-state index in [0.717, 1.165) is 26.5 Å². The number of phosphoric ester groups is 1. The average Bonchev–Trinajstić information content (AvgIpc) is 3.44. The van der Waals surface area contributed by atoms with Gasteiger partial charge in [0.25, 0.3) is 0 Å². The molecule has 1 amide bonds. The van der Waals surface area contributed by atoms with E-state index < -0.39 is 92.6 Å². The molecule has 1 heterocycles. The predicted octanol–water partition coefficient (Wildman–Crippen LogP) is 2.64. The molecule has 2 fully saturated rings. The molecular weight excluding hydrogens is 783 g/mol. The minimum absolute atomic E-state index is 0.00448. The molecule has 1 aromatic rings. The Bertz CT molecular complexity index is 1540. The quantitative estimate of drug-likeness (QED) is 0.0563. The fraction of sp³-hybridized carbons (Fsp3) is 0.657. The maximum Gasteiger partial charge on any atom is 0.508 e. The number of thiocarbonyl (C=S) groups is 1. The van der Waals surface area contributed by atoms with Crippen LogP contribution in [0.1, 0.15) is 58.9 Å². The molecule has 2 unspecified atom stereocenters. The van der Waals surface area contributed by atoms with Crippen molar-refractivity contribution in [1.29, 1.82) is 0 Å². The number of carbonyl (C=O) groups is 5. The zero-order valence-corrected chi connectivity index (χ0v) is 33.8. The molecule has 1 aliphatic carbocycles. The number of unbranched alkanes of at least 4 members (excludes halogenated alkanes) is 1. The van der Waals surface area contributed by atoms with Gasteiger partial charge in [0, 0.05) is 54.4 Å². The van der Waals surface area contributed by atoms with Crippen LogP contribution in [0.4, 0.5) is 4.79 Å². The number of methoxy groups -OCH3 is 1. The first-order valence-electron chi connectivity index (χ1n) is 17.8. The van der Waals surface area contributed by atoms with Gasteiger partial charge in [-0.2, -0.15) is 0 Å². The zero-order valence-electron chi connectivity index (χ0n) is 32.1. The largest absolute Gasteiger partial charge is 0.508 e. The van der Waals surface area contributed by atoms with Crippen molar-refractivity contribution in [3.05, 3.63) is 35.9 Å². The standard InChI is InChI=1S/C35H51N2O17PS/c1-20(38)36-29-33(52-23(4)41)32(51-22(3)40)27(19-48-21(2)39)53-34(29)47-15-11-10-14-28(56)37-26-16-25(30(31(26)45-5)54-55(43,44)46-6)18-50-35(42)49-17-24-12-8-7-9-13-24/h7-9,12-13,25-27,29-34H,10-11,14-19H2,1-6H3,(H,36,38)(H,37,56)(H,43,44)/t25-,26+,27-,29-,30?,31-,32+,33-,34-/m1/s1. The number of amides is 1. The molecule has 0 aromatic heterocycles. The van der Waals surface area contributed by atoms with Crippen molar-refractivity contribution >= 4 is 55.0 Å². The number of ether oxygens (including phenoxy) is 8. The molecule has 2 aliphatic rings. The molecular formula is C35H51N2O17PS. The highest BCUT2D eigenvalue weighted by atomic mass is 32.1. The minimum atomic E-state index is -4.48. The number of benzene rings is 1. The Morgan fingerprint density at radius 3 is 2.14 bits per heavy atom. The number of hydrogen-bond acceptors (Lipinski definition) is 17. The molecule has 1 aliphatic heterocycles. The fourth-order valence-electron chi connectivity index (χ4n) is 6.27. The summed E-state index contributed by atoms with van der Waals surface area (Å²) in [6.07, 6.45) is -5.97. The molecule has 10 atom stereocenters. The lowest BCUT2D eigenvalue weighted by atomic mass is 9.96. The summed E-state index contributed by atoms with van der Waals surface area (Å²) in [6, 6.07) is 7.41. The van der Waals surface area contributed by atoms with Gasteiger partial charge in [-0.3, -0.25) is 28.2 Å². The second-order valence-electron chi connectivity index (χ2n) is 13.0. The lowest BCUT2D eigenvalue weighted by molar-refractivity contribution is -0.277. The van der Waals surface area contributed by atoms with Crippen LogP contribution in [0.25, 0.3) is 0 Å². The van der Waals surface area contributed by atoms with E-state index in [1.54, 1.807) is 24.3 Å². The van der Waals surface area contributed by atoms with Crippen LogP contribution >= 0.6 is 20.0 Å². The summed E-state index contributed by atoms with van der Waals surface area (Å²) in [5, 5.41) is 5.86. The van der Waals surface area contributed by atoms with Gasteiger partial charge in [0.05, 0.1) is 11.0 Å². The first-order chi connectivity index (χ1) is 26.5. The van der Waals surface area contributed by atoms with E-state index in [0.29, 0.717) is 24.3 Å². The van der Waals surface area contributed by atoms with Crippen molar-refractivity contribution in [3.8, 4) is 0 Å². The summed E-state index contributed by atoms with van der Waals surface area (Å²) < 4.78 is 66.7. The van der Waals surface area contributed by atoms with Crippen LogP contribution in [0.5, 0.6) is 0 Å². The van der Waals surface area contributed by atoms with E-state index in [2.05, 4.69) is 15.2 Å². The van der Waals surface area contributed by atoms with E-state index in [1.165, 1.54) is 21.0 Å². The number of hydrogen-bond donors (Lipinski definition) is 3. The highest BCUT2D eigenvalue weighted by molar-refractivity contribution is 7.80. The summed E-state index contributed by atoms with van der Waals surface area (Å²) in [4.78, 5) is 70.8. The van der Waals surface area contributed by atoms with Crippen molar-refractivity contribution in [2.24, 2.45) is 5.92 Å². The van der Waals surface area contributed by atoms with Gasteiger partial charge >= 0.3 is 31.9 Å². The second-order valence-corrected chi connectivity index (χ2v) is 15.0. The number of phosphoric acid groups is 1. The number of carbonyl (C=O) groups excluding carboxylic acids is 5. The first-order valence-corrected chi connectivity index (χ1v) is 19.7. The maximum atomic E-state index is 12.4. The van der Waals surface area contributed by atoms with E-state index in [9.17, 15) is 33.4 Å². The third-order valence-electron chi connectivity index (χ3n) is 8.61. The molecule has 0 bridgehead atoms. The van der Waals surface area contributed by atoms with Gasteiger partial charge in [0.15, 0.2) is 18.5 Å². The van der Waals surface area contributed by atoms with Crippen LogP contribution in [0.2, 0.25) is 0 Å². The summed E-state index contributed by atoms with van der Waals surface area (Å²) in [5.74, 6) is -3.19. The van der Waals surface area contributed by atoms with Gasteiger partial charge in [0.2, 0.25) is 5.91 Å². The van der Waals surface area contributed by atoms with Gasteiger partial charge in [0.1, 0.15) is 44.2 Å². The molecule has 0 spiro atoms. The number of esters is 3. The molecule has 56 heavy (non-hydrogen) atoms. The van der Waals surface area contributed by atoms with Crippen LogP contribution in [-0.4, -0.2) is 123 Å². The Morgan fingerprint density at radius 2 is 1.54 bits per heavy atom. The van der Waals surface area contributed by atoms with Crippen LogP contribution in [0, 0.1) is 5.92 Å². The highest BCUT2D eigenvalue weighted by Gasteiger charge is 2.51. The van der Waals surface area contributed by atoms with E-state index in [1.807, 2.05) is 6.07 Å². The first kappa shape index (κ1) is 46.6. The normalized spacial score (nSPS) is 26.9. The van der Waals surface area contributed by atoms with Crippen molar-refractivity contribution in [3.63, 3.8) is 0 Å². The van der Waals surface area contributed by atoms with E-state index >= 15 is 0 Å². The van der Waals surface area contributed by atoms with Crippen LogP contribution in [0.3, 0.4) is 0 Å². The molecule has 1 saturated carbocycles. The Labute approximate surface area is 330 Å². The molecule has 3 N–H and O–H groups in total. The molecule has 21 heteroatoms. The van der Waals surface area contributed by atoms with E-state index in [4.69, 9.17) is 54.6 Å². The third kappa shape index (κ3) is 15.3. The third-order valence-corrected chi connectivity index (χ3v) is 9.91. The van der Waals surface area contributed by atoms with Gasteiger partial charge in [-0.05, 0) is 31.2 Å². The van der Waals surface area contributed by atoms with Crippen molar-refractivity contribution < 1.29 is 80.4 Å². The van der Waals surface area contributed by atoms with Gasteiger partial charge < -0.3 is 53.4 Å². The topological polar surface area (TPSA) is 239 Å². The molecule has 3 rings (SSSR count). The molecule has 1 saturated heterocycles. The van der Waals surface area contributed by atoms with Gasteiger partial charge in [-0.15, -0.1) is 0 Å². The molecule has 0 radical (unpaired) electrons. The minimum Gasteiger partial charge on any atom is -0.463 e. The van der Waals surface area contributed by atoms with Crippen molar-refractivity contribution in [2.75, 3.05) is 34.0 Å². The number of nitrogens with one attached hydrogen (secondary N) is 2. The molecule has 19 nitrogen and oxygen atoms in total. The summed E-state index contributed by atoms with van der Waals surface area (Å²) in [6.45, 7) is 4.22. The summed E-state index contributed by atoms with van der Waals surface area (Å²) in [5.41, 5.74) is 0.764. The lowest BCUT2D eigenvalue weighted by Gasteiger charge is -2.44. The Balaban J connectivity index is 1.60. The van der Waals surface area contributed by atoms with Crippen LogP contribution in [-0.2, 0) is 77.3 Å². The maximum absolute atomic E-state index is 12.4. The average molecular weight is 835 g/mol. The fourth-order valence-corrected chi connectivity index (χ4v) is 7.25. The zero-order chi connectivity index (χ0) is 41.4. The van der Waals surface area contributed by atoms with Gasteiger partial charge in [-0.1, -0.05) is 42.5 Å². The highest BCUT2D eigenvalue weighted by Crippen LogP contribution is 2.48. The molecule has 314 valence electrons. The number of rotatable bonds is 20. The SMILES string of the molecule is CO[C@H]1C(OP(=O)(O)OC)[C@@H](COC(=O)OCc2ccccc2)C[C@@H]1NC(=S)CCCCO[C@@H]1O[C@H](COC(C)=O)[C@H](OC(C)=O)[C@H](OC(C)=O)[C@H]1NC(C)=O. The van der Waals surface area contributed by atoms with Crippen LogP contribution < -0.4 is 10.6 Å². The van der Waals surface area contributed by atoms with Gasteiger partial charge in [-0.25, -0.2) is 9.36 Å². The monoisotopic (exact) mass is 834 g/mol. The van der Waals surface area contributed by atoms with Crippen LogP contribution in [0.15, 0.2) is 30.3 Å². The summed E-state index contributed by atoms with van der Waals surface area (Å²) in [7, 11) is -2.05. The predicted molar refractivity (Wildman–Crippen MR) is 197 cm³/mol. The van der Waals surface area contributed by atoms with Crippen molar-refractivity contribution in [2.45, 2.75) is 109 Å². The second kappa shape index (κ2) is 22.9.